The van der Waals surface area contributed by atoms with Gasteiger partial charge in [-0.2, -0.15) is 0 Å². The second-order valence-corrected chi connectivity index (χ2v) is 12.9. The fraction of sp³-hybridized carbons (Fsp3) is 0.0682. The van der Waals surface area contributed by atoms with E-state index in [9.17, 15) is 0 Å². The highest BCUT2D eigenvalue weighted by molar-refractivity contribution is 6.10. The van der Waals surface area contributed by atoms with Crippen LogP contribution >= 0.6 is 0 Å². The SMILES string of the molecule is CC1(C)c2cc(-c3ccc(-c4cccnc4)cc3)ccc2-c2ccc(-c3ccc4c(c3)c3ccccc3n4-c3ccccc3)cc21. The summed E-state index contributed by atoms with van der Waals surface area (Å²) < 4.78 is 2.38. The smallest absolute Gasteiger partial charge is 0.0541 e. The van der Waals surface area contributed by atoms with Crippen LogP contribution < -0.4 is 0 Å². The number of fused-ring (bicyclic) bond motifs is 6. The normalized spacial score (nSPS) is 13.2. The van der Waals surface area contributed by atoms with E-state index < -0.39 is 0 Å². The summed E-state index contributed by atoms with van der Waals surface area (Å²) in [6, 6.07) is 53.3. The molecule has 0 atom stereocenters. The number of hydrogen-bond donors (Lipinski definition) is 0. The first-order valence-electron chi connectivity index (χ1n) is 16.0. The highest BCUT2D eigenvalue weighted by Gasteiger charge is 2.36. The van der Waals surface area contributed by atoms with Crippen LogP contribution in [-0.2, 0) is 5.41 Å². The molecule has 0 N–H and O–H groups in total. The van der Waals surface area contributed by atoms with Gasteiger partial charge in [-0.3, -0.25) is 4.98 Å². The Morgan fingerprint density at radius 3 is 1.72 bits per heavy atom. The zero-order chi connectivity index (χ0) is 30.8. The first-order valence-corrected chi connectivity index (χ1v) is 16.0. The number of rotatable bonds is 4. The van der Waals surface area contributed by atoms with Gasteiger partial charge in [-0.1, -0.05) is 111 Å². The monoisotopic (exact) mass is 588 g/mol. The van der Waals surface area contributed by atoms with E-state index in [1.807, 2.05) is 18.5 Å². The van der Waals surface area contributed by atoms with Gasteiger partial charge < -0.3 is 4.57 Å². The zero-order valence-electron chi connectivity index (χ0n) is 25.9. The average Bonchev–Trinajstić information content (AvgIpc) is 3.57. The number of benzene rings is 6. The Kier molecular flexibility index (Phi) is 5.88. The van der Waals surface area contributed by atoms with Crippen molar-refractivity contribution in [2.45, 2.75) is 19.3 Å². The van der Waals surface area contributed by atoms with Gasteiger partial charge in [0.25, 0.3) is 0 Å². The van der Waals surface area contributed by atoms with Gasteiger partial charge in [-0.25, -0.2) is 0 Å². The van der Waals surface area contributed by atoms with Gasteiger partial charge in [0.1, 0.15) is 0 Å². The van der Waals surface area contributed by atoms with Crippen molar-refractivity contribution >= 4 is 21.8 Å². The third-order valence-electron chi connectivity index (χ3n) is 9.91. The maximum Gasteiger partial charge on any atom is 0.0541 e. The molecule has 0 unspecified atom stereocenters. The summed E-state index contributed by atoms with van der Waals surface area (Å²) in [5.74, 6) is 0. The van der Waals surface area contributed by atoms with Crippen molar-refractivity contribution in [2.75, 3.05) is 0 Å². The van der Waals surface area contributed by atoms with Crippen molar-refractivity contribution in [2.24, 2.45) is 0 Å². The molecule has 46 heavy (non-hydrogen) atoms. The minimum atomic E-state index is -0.111. The topological polar surface area (TPSA) is 17.8 Å². The summed E-state index contributed by atoms with van der Waals surface area (Å²) in [5.41, 5.74) is 16.3. The van der Waals surface area contributed by atoms with Crippen LogP contribution in [0.4, 0.5) is 0 Å². The second-order valence-electron chi connectivity index (χ2n) is 12.9. The van der Waals surface area contributed by atoms with Crippen molar-refractivity contribution in [1.82, 2.24) is 9.55 Å². The molecule has 1 aliphatic carbocycles. The third-order valence-corrected chi connectivity index (χ3v) is 9.91. The van der Waals surface area contributed by atoms with E-state index in [2.05, 4.69) is 163 Å². The molecule has 2 nitrogen and oxygen atoms in total. The average molecular weight is 589 g/mol. The molecule has 9 rings (SSSR count). The lowest BCUT2D eigenvalue weighted by Gasteiger charge is -2.22. The third kappa shape index (κ3) is 4.07. The van der Waals surface area contributed by atoms with Crippen molar-refractivity contribution in [1.29, 1.82) is 0 Å². The van der Waals surface area contributed by atoms with Crippen molar-refractivity contribution in [3.63, 3.8) is 0 Å². The number of nitrogens with zero attached hydrogens (tertiary/aromatic N) is 2. The van der Waals surface area contributed by atoms with Gasteiger partial charge in [-0.05, 0) is 104 Å². The summed E-state index contributed by atoms with van der Waals surface area (Å²) in [5, 5.41) is 2.55. The lowest BCUT2D eigenvalue weighted by Crippen LogP contribution is -2.15. The summed E-state index contributed by atoms with van der Waals surface area (Å²) >= 11 is 0. The van der Waals surface area contributed by atoms with Gasteiger partial charge in [0.05, 0.1) is 11.0 Å². The molecule has 8 aromatic rings. The van der Waals surface area contributed by atoms with Crippen LogP contribution in [0.25, 0.3) is 72.0 Å². The van der Waals surface area contributed by atoms with Crippen LogP contribution in [0.5, 0.6) is 0 Å². The van der Waals surface area contributed by atoms with Crippen molar-refractivity contribution in [3.8, 4) is 50.2 Å². The molecule has 2 heterocycles. The van der Waals surface area contributed by atoms with E-state index in [1.54, 1.807) is 0 Å². The minimum absolute atomic E-state index is 0.111. The molecule has 0 spiro atoms. The number of para-hydroxylation sites is 2. The summed E-state index contributed by atoms with van der Waals surface area (Å²) in [4.78, 5) is 4.28. The van der Waals surface area contributed by atoms with Gasteiger partial charge in [-0.15, -0.1) is 0 Å². The highest BCUT2D eigenvalue weighted by atomic mass is 15.0. The molecule has 0 aliphatic heterocycles. The molecule has 2 aromatic heterocycles. The summed E-state index contributed by atoms with van der Waals surface area (Å²) in [6.07, 6.45) is 3.73. The van der Waals surface area contributed by atoms with Crippen LogP contribution in [0, 0.1) is 0 Å². The van der Waals surface area contributed by atoms with Crippen molar-refractivity contribution in [3.05, 3.63) is 169 Å². The van der Waals surface area contributed by atoms with E-state index in [4.69, 9.17) is 0 Å². The maximum absolute atomic E-state index is 4.28. The largest absolute Gasteiger partial charge is 0.309 e. The molecule has 1 aliphatic rings. The van der Waals surface area contributed by atoms with Crippen LogP contribution in [0.15, 0.2) is 158 Å². The fourth-order valence-corrected chi connectivity index (χ4v) is 7.49. The minimum Gasteiger partial charge on any atom is -0.309 e. The van der Waals surface area contributed by atoms with Crippen molar-refractivity contribution < 1.29 is 0 Å². The molecular formula is C44H32N2. The predicted molar refractivity (Wildman–Crippen MR) is 192 cm³/mol. The zero-order valence-corrected chi connectivity index (χ0v) is 25.9. The summed E-state index contributed by atoms with van der Waals surface area (Å²) in [7, 11) is 0. The lowest BCUT2D eigenvalue weighted by atomic mass is 9.80. The number of pyridine rings is 1. The van der Waals surface area contributed by atoms with Gasteiger partial charge in [0, 0.05) is 34.3 Å². The summed E-state index contributed by atoms with van der Waals surface area (Å²) in [6.45, 7) is 4.74. The van der Waals surface area contributed by atoms with Crippen LogP contribution in [-0.4, -0.2) is 9.55 Å². The molecule has 0 bridgehead atoms. The van der Waals surface area contributed by atoms with E-state index >= 15 is 0 Å². The van der Waals surface area contributed by atoms with E-state index in [1.165, 1.54) is 77.6 Å². The van der Waals surface area contributed by atoms with Gasteiger partial charge >= 0.3 is 0 Å². The Labute approximate surface area is 269 Å². The molecule has 0 saturated carbocycles. The second kappa shape index (κ2) is 10.2. The number of hydrogen-bond acceptors (Lipinski definition) is 1. The first kappa shape index (κ1) is 26.7. The highest BCUT2D eigenvalue weighted by Crippen LogP contribution is 2.51. The molecule has 0 amide bonds. The fourth-order valence-electron chi connectivity index (χ4n) is 7.49. The molecular weight excluding hydrogens is 556 g/mol. The Balaban J connectivity index is 1.10. The molecule has 218 valence electrons. The van der Waals surface area contributed by atoms with Gasteiger partial charge in [0.15, 0.2) is 0 Å². The van der Waals surface area contributed by atoms with E-state index in [0.29, 0.717) is 0 Å². The number of aromatic nitrogens is 2. The molecule has 2 heteroatoms. The molecule has 0 fully saturated rings. The Morgan fingerprint density at radius 2 is 1.02 bits per heavy atom. The molecule has 0 radical (unpaired) electrons. The predicted octanol–water partition coefficient (Wildman–Crippen LogP) is 11.5. The molecule has 6 aromatic carbocycles. The van der Waals surface area contributed by atoms with E-state index in [0.717, 1.165) is 5.56 Å². The van der Waals surface area contributed by atoms with Crippen LogP contribution in [0.1, 0.15) is 25.0 Å². The first-order chi connectivity index (χ1) is 22.6. The lowest BCUT2D eigenvalue weighted by molar-refractivity contribution is 0.661. The Hall–Kier alpha value is -5.73. The van der Waals surface area contributed by atoms with E-state index in [-0.39, 0.29) is 5.41 Å². The van der Waals surface area contributed by atoms with Gasteiger partial charge in [0.2, 0.25) is 0 Å². The quantitative estimate of drug-likeness (QED) is 0.200. The van der Waals surface area contributed by atoms with Crippen LogP contribution in [0.3, 0.4) is 0 Å². The Bertz CT molecular complexity index is 2410. The van der Waals surface area contributed by atoms with Crippen LogP contribution in [0.2, 0.25) is 0 Å². The Morgan fingerprint density at radius 1 is 0.457 bits per heavy atom. The standard InChI is InChI=1S/C44H32N2/c1-44(2)40-26-32(29-14-16-30(17-15-29)34-9-8-24-45-28-34)18-21-36(40)37-22-19-33(27-41(37)44)31-20-23-43-39(25-31)38-12-6-7-13-42(38)46(43)35-10-4-3-5-11-35/h3-28H,1-2H3. The maximum atomic E-state index is 4.28. The molecule has 0 saturated heterocycles.